The molecule has 2 atom stereocenters. The molecule has 3 heterocycles. The molecule has 128 valence electrons. The van der Waals surface area contributed by atoms with Gasteiger partial charge in [0.2, 0.25) is 11.7 Å². The lowest BCUT2D eigenvalue weighted by Crippen LogP contribution is -2.35. The smallest absolute Gasteiger partial charge is 0.233 e. The highest BCUT2D eigenvalue weighted by molar-refractivity contribution is 5.97. The highest BCUT2D eigenvalue weighted by Crippen LogP contribution is 2.54. The number of aromatic hydroxyl groups is 2. The van der Waals surface area contributed by atoms with Crippen LogP contribution in [0.4, 0.5) is 0 Å². The zero-order valence-electron chi connectivity index (χ0n) is 13.2. The van der Waals surface area contributed by atoms with Crippen molar-refractivity contribution >= 4 is 21.9 Å². The Balaban J connectivity index is 1.94. The summed E-state index contributed by atoms with van der Waals surface area (Å²) in [6.07, 6.45) is -0.196. The van der Waals surface area contributed by atoms with Crippen LogP contribution in [-0.4, -0.2) is 30.2 Å². The number of ether oxygens (including phenoxy) is 3. The van der Waals surface area contributed by atoms with Crippen LogP contribution in [0.25, 0.3) is 21.9 Å². The Morgan fingerprint density at radius 3 is 2.88 bits per heavy atom. The predicted molar refractivity (Wildman–Crippen MR) is 87.0 cm³/mol. The van der Waals surface area contributed by atoms with Crippen molar-refractivity contribution in [3.8, 4) is 17.2 Å². The summed E-state index contributed by atoms with van der Waals surface area (Å²) in [5.41, 5.74) is -0.693. The zero-order valence-corrected chi connectivity index (χ0v) is 13.2. The minimum Gasteiger partial charge on any atom is -0.507 e. The van der Waals surface area contributed by atoms with Gasteiger partial charge in [0.1, 0.15) is 39.2 Å². The molecule has 2 aliphatic heterocycles. The number of methoxy groups -OCH3 is 1. The quantitative estimate of drug-likeness (QED) is 0.655. The molecule has 0 aliphatic carbocycles. The summed E-state index contributed by atoms with van der Waals surface area (Å²) in [5.74, 6) is -0.103. The Bertz CT molecular complexity index is 1100. The number of phenols is 2. The van der Waals surface area contributed by atoms with E-state index in [1.54, 1.807) is 18.2 Å². The number of hydrogen-bond donors (Lipinski definition) is 2. The lowest BCUT2D eigenvalue weighted by molar-refractivity contribution is -0.140. The van der Waals surface area contributed by atoms with E-state index >= 15 is 0 Å². The third kappa shape index (κ3) is 1.64. The van der Waals surface area contributed by atoms with Crippen molar-refractivity contribution in [1.82, 2.24) is 0 Å². The van der Waals surface area contributed by atoms with Crippen LogP contribution in [0.15, 0.2) is 33.5 Å². The van der Waals surface area contributed by atoms with Gasteiger partial charge in [0, 0.05) is 19.6 Å². The first kappa shape index (κ1) is 14.6. The van der Waals surface area contributed by atoms with Gasteiger partial charge >= 0.3 is 0 Å². The van der Waals surface area contributed by atoms with Crippen LogP contribution in [0.5, 0.6) is 17.2 Å². The molecule has 0 spiro atoms. The van der Waals surface area contributed by atoms with Crippen LogP contribution >= 0.6 is 0 Å². The van der Waals surface area contributed by atoms with Crippen molar-refractivity contribution in [1.29, 1.82) is 0 Å². The SMILES string of the molecule is CO[C@@]12CCO[C@@H]1Oc1cc3oc4cccc(O)c4c(=O)c3c(O)c12. The summed E-state index contributed by atoms with van der Waals surface area (Å²) >= 11 is 0. The maximum atomic E-state index is 12.9. The van der Waals surface area contributed by atoms with Gasteiger partial charge in [-0.05, 0) is 12.1 Å². The van der Waals surface area contributed by atoms with Crippen molar-refractivity contribution in [2.75, 3.05) is 13.7 Å². The predicted octanol–water partition coefficient (Wildman–Crippen LogP) is 2.34. The molecule has 2 aromatic carbocycles. The fourth-order valence-electron chi connectivity index (χ4n) is 3.86. The summed E-state index contributed by atoms with van der Waals surface area (Å²) < 4.78 is 22.7. The summed E-state index contributed by atoms with van der Waals surface area (Å²) in [5, 5.41) is 20.9. The molecule has 0 saturated carbocycles. The number of phenolic OH excluding ortho intramolecular Hbond substituents is 2. The molecule has 1 aromatic heterocycles. The van der Waals surface area contributed by atoms with Crippen molar-refractivity contribution < 1.29 is 28.8 Å². The zero-order chi connectivity index (χ0) is 17.3. The van der Waals surface area contributed by atoms with Gasteiger partial charge < -0.3 is 28.8 Å². The normalized spacial score (nSPS) is 24.4. The topological polar surface area (TPSA) is 98.4 Å². The molecular weight excluding hydrogens is 328 g/mol. The van der Waals surface area contributed by atoms with Gasteiger partial charge in [-0.2, -0.15) is 0 Å². The molecule has 1 fully saturated rings. The van der Waals surface area contributed by atoms with Crippen LogP contribution in [0.1, 0.15) is 12.0 Å². The molecule has 5 rings (SSSR count). The molecule has 0 radical (unpaired) electrons. The molecule has 2 aliphatic rings. The first-order valence-corrected chi connectivity index (χ1v) is 7.85. The number of benzene rings is 2. The molecule has 1 saturated heterocycles. The highest BCUT2D eigenvalue weighted by Gasteiger charge is 2.56. The van der Waals surface area contributed by atoms with Gasteiger partial charge in [0.15, 0.2) is 5.60 Å². The molecule has 0 unspecified atom stereocenters. The summed E-state index contributed by atoms with van der Waals surface area (Å²) in [6, 6.07) is 6.11. The minimum absolute atomic E-state index is 0.0136. The van der Waals surface area contributed by atoms with Gasteiger partial charge in [0.25, 0.3) is 0 Å². The van der Waals surface area contributed by atoms with E-state index in [0.29, 0.717) is 24.3 Å². The van der Waals surface area contributed by atoms with E-state index in [2.05, 4.69) is 0 Å². The molecule has 7 nitrogen and oxygen atoms in total. The molecule has 0 bridgehead atoms. The Kier molecular flexibility index (Phi) is 2.71. The van der Waals surface area contributed by atoms with Crippen molar-refractivity contribution in [2.45, 2.75) is 18.3 Å². The van der Waals surface area contributed by atoms with Crippen molar-refractivity contribution in [3.05, 3.63) is 40.1 Å². The van der Waals surface area contributed by atoms with E-state index < -0.39 is 17.3 Å². The van der Waals surface area contributed by atoms with Crippen LogP contribution in [0.2, 0.25) is 0 Å². The Hall–Kier alpha value is -2.77. The number of fused-ring (bicyclic) bond motifs is 5. The van der Waals surface area contributed by atoms with Crippen LogP contribution in [0.3, 0.4) is 0 Å². The summed E-state index contributed by atoms with van der Waals surface area (Å²) in [6.45, 7) is 0.419. The van der Waals surface area contributed by atoms with Gasteiger partial charge in [-0.25, -0.2) is 0 Å². The van der Waals surface area contributed by atoms with Gasteiger partial charge in [-0.3, -0.25) is 4.79 Å². The fraction of sp³-hybridized carbons (Fsp3) is 0.278. The Morgan fingerprint density at radius 1 is 1.24 bits per heavy atom. The van der Waals surface area contributed by atoms with E-state index in [0.717, 1.165) is 0 Å². The third-order valence-corrected chi connectivity index (χ3v) is 5.05. The van der Waals surface area contributed by atoms with E-state index in [4.69, 9.17) is 18.6 Å². The third-order valence-electron chi connectivity index (χ3n) is 5.05. The van der Waals surface area contributed by atoms with Crippen LogP contribution < -0.4 is 10.2 Å². The second-order valence-corrected chi connectivity index (χ2v) is 6.22. The average molecular weight is 342 g/mol. The first-order chi connectivity index (χ1) is 12.1. The maximum absolute atomic E-state index is 12.9. The van der Waals surface area contributed by atoms with Crippen LogP contribution in [0, 0.1) is 0 Å². The monoisotopic (exact) mass is 342 g/mol. The van der Waals surface area contributed by atoms with Gasteiger partial charge in [-0.1, -0.05) is 6.07 Å². The maximum Gasteiger partial charge on any atom is 0.233 e. The molecule has 3 aromatic rings. The second kappa shape index (κ2) is 4.65. The molecule has 25 heavy (non-hydrogen) atoms. The number of rotatable bonds is 1. The van der Waals surface area contributed by atoms with Crippen molar-refractivity contribution in [3.63, 3.8) is 0 Å². The largest absolute Gasteiger partial charge is 0.507 e. The highest BCUT2D eigenvalue weighted by atomic mass is 16.7. The van der Waals surface area contributed by atoms with E-state index in [-0.39, 0.29) is 33.4 Å². The van der Waals surface area contributed by atoms with E-state index in [1.165, 1.54) is 13.2 Å². The average Bonchev–Trinajstić information content (AvgIpc) is 3.10. The standard InChI is InChI=1S/C18H14O7/c1-22-18-5-6-23-17(18)25-11-7-10-13(16(21)14(11)18)15(20)12-8(19)3-2-4-9(12)24-10/h2-4,7,17,19,21H,5-6H2,1H3/t17-,18-/m1/s1. The second-order valence-electron chi connectivity index (χ2n) is 6.22. The number of hydrogen-bond acceptors (Lipinski definition) is 7. The minimum atomic E-state index is -0.965. The molecule has 0 amide bonds. The Labute approximate surface area is 141 Å². The molecule has 2 N–H and O–H groups in total. The van der Waals surface area contributed by atoms with Gasteiger partial charge in [-0.15, -0.1) is 0 Å². The fourth-order valence-corrected chi connectivity index (χ4v) is 3.86. The lowest BCUT2D eigenvalue weighted by Gasteiger charge is -2.25. The van der Waals surface area contributed by atoms with Gasteiger partial charge in [0.05, 0.1) is 12.2 Å². The van der Waals surface area contributed by atoms with Crippen LogP contribution in [-0.2, 0) is 15.1 Å². The summed E-state index contributed by atoms with van der Waals surface area (Å²) in [7, 11) is 1.51. The molecular formula is C18H14O7. The lowest BCUT2D eigenvalue weighted by atomic mass is 9.90. The summed E-state index contributed by atoms with van der Waals surface area (Å²) in [4.78, 5) is 12.9. The van der Waals surface area contributed by atoms with E-state index in [9.17, 15) is 15.0 Å². The Morgan fingerprint density at radius 2 is 2.08 bits per heavy atom. The van der Waals surface area contributed by atoms with E-state index in [1.807, 2.05) is 0 Å². The first-order valence-electron chi connectivity index (χ1n) is 7.85. The van der Waals surface area contributed by atoms with Crippen molar-refractivity contribution in [2.24, 2.45) is 0 Å². The molecule has 7 heteroatoms.